The molecular formula is C29H28N4O8. The molecule has 0 fully saturated rings. The van der Waals surface area contributed by atoms with Crippen molar-refractivity contribution in [2.75, 3.05) is 20.1 Å². The van der Waals surface area contributed by atoms with Gasteiger partial charge in [-0.3, -0.25) is 19.2 Å². The molecule has 2 aromatic rings. The molecule has 0 aromatic heterocycles. The molecule has 7 N–H and O–H groups in total. The molecule has 0 spiro atoms. The minimum atomic E-state index is -2.64. The lowest BCUT2D eigenvalue weighted by Gasteiger charge is -2.45. The molecule has 12 nitrogen and oxygen atoms in total. The van der Waals surface area contributed by atoms with Gasteiger partial charge < -0.3 is 31.7 Å². The van der Waals surface area contributed by atoms with E-state index in [2.05, 4.69) is 15.8 Å². The number of nitrogens with two attached hydrogens (primary N) is 1. The summed E-state index contributed by atoms with van der Waals surface area (Å²) in [7, 11) is 1.77. The Morgan fingerprint density at radius 1 is 1.12 bits per heavy atom. The Morgan fingerprint density at radius 2 is 1.88 bits per heavy atom. The number of nitrogens with one attached hydrogen (secondary N) is 2. The number of likely N-dealkylation sites (N-methyl/N-ethyl adjacent to an activating group) is 1. The smallest absolute Gasteiger partial charge is 0.255 e. The minimum absolute atomic E-state index is 0.00894. The fourth-order valence-corrected chi connectivity index (χ4v) is 6.20. The average molecular weight is 561 g/mol. The van der Waals surface area contributed by atoms with Crippen molar-refractivity contribution in [3.8, 4) is 11.1 Å². The van der Waals surface area contributed by atoms with Gasteiger partial charge in [0.25, 0.3) is 11.8 Å². The van der Waals surface area contributed by atoms with Crippen LogP contribution in [0.25, 0.3) is 11.1 Å². The van der Waals surface area contributed by atoms with Gasteiger partial charge in [0, 0.05) is 36.6 Å². The molecule has 12 heteroatoms. The van der Waals surface area contributed by atoms with Crippen molar-refractivity contribution in [2.24, 2.45) is 22.7 Å². The van der Waals surface area contributed by atoms with Crippen LogP contribution in [0.4, 0.5) is 5.69 Å². The standard InChI is InChI=1S/C29H28N4O8/c1-31-7-8-32-28(39)14-4-2-3-13(9-14)17-5-6-19(33-41)22-18(17)11-15-10-16-12-20(34)23(27(30)38)26(37)29(16,40)25(36)21(15)24(22)35/h2-6,9,15-16,31,34,36,40H,7-8,10-12H2,1H3,(H2,30,38)(H,32,39)/t15-,16+,29+/m1/s1. The highest BCUT2D eigenvalue weighted by Crippen LogP contribution is 2.52. The first-order valence-electron chi connectivity index (χ1n) is 13.0. The number of benzene rings is 2. The van der Waals surface area contributed by atoms with Gasteiger partial charge in [-0.15, -0.1) is 4.91 Å². The summed E-state index contributed by atoms with van der Waals surface area (Å²) < 4.78 is 0. The van der Waals surface area contributed by atoms with E-state index < -0.39 is 52.0 Å². The zero-order chi connectivity index (χ0) is 29.6. The molecule has 0 unspecified atom stereocenters. The van der Waals surface area contributed by atoms with Gasteiger partial charge in [-0.1, -0.05) is 18.2 Å². The summed E-state index contributed by atoms with van der Waals surface area (Å²) in [4.78, 5) is 63.3. The van der Waals surface area contributed by atoms with E-state index in [0.717, 1.165) is 0 Å². The Hall–Kier alpha value is -4.68. The lowest BCUT2D eigenvalue weighted by atomic mass is 9.60. The average Bonchev–Trinajstić information content (AvgIpc) is 2.94. The van der Waals surface area contributed by atoms with Crippen molar-refractivity contribution in [1.82, 2.24) is 10.6 Å². The van der Waals surface area contributed by atoms with Gasteiger partial charge in [-0.25, -0.2) is 0 Å². The number of Topliss-reactive ketones (excluding diaryl/α,β-unsaturated/α-hetero) is 2. The van der Waals surface area contributed by atoms with Crippen molar-refractivity contribution < 1.29 is 34.5 Å². The van der Waals surface area contributed by atoms with Crippen LogP contribution in [0.2, 0.25) is 0 Å². The normalized spacial score (nSPS) is 23.5. The Kier molecular flexibility index (Phi) is 7.05. The number of carbonyl (C=O) groups is 4. The fraction of sp³-hybridized carbons (Fsp3) is 0.310. The number of hydrogen-bond acceptors (Lipinski definition) is 10. The summed E-state index contributed by atoms with van der Waals surface area (Å²) in [6.07, 6.45) is -0.177. The zero-order valence-corrected chi connectivity index (χ0v) is 22.1. The second kappa shape index (κ2) is 10.4. The zero-order valence-electron chi connectivity index (χ0n) is 22.1. The van der Waals surface area contributed by atoms with E-state index in [-0.39, 0.29) is 42.0 Å². The largest absolute Gasteiger partial charge is 0.511 e. The highest BCUT2D eigenvalue weighted by molar-refractivity contribution is 6.24. The maximum atomic E-state index is 13.9. The number of nitrogens with zero attached hydrogens (tertiary/aromatic N) is 1. The number of rotatable bonds is 7. The third-order valence-electron chi connectivity index (χ3n) is 8.14. The number of primary amides is 1. The van der Waals surface area contributed by atoms with Crippen molar-refractivity contribution >= 4 is 29.1 Å². The minimum Gasteiger partial charge on any atom is -0.511 e. The first-order chi connectivity index (χ1) is 19.5. The number of nitroso groups, excluding NO2 is 1. The Bertz CT molecular complexity index is 1590. The maximum absolute atomic E-state index is 13.9. The summed E-state index contributed by atoms with van der Waals surface area (Å²) in [6, 6.07) is 9.76. The fourth-order valence-electron chi connectivity index (χ4n) is 6.20. The highest BCUT2D eigenvalue weighted by atomic mass is 16.3. The van der Waals surface area contributed by atoms with Gasteiger partial charge in [-0.2, -0.15) is 0 Å². The Morgan fingerprint density at radius 3 is 2.56 bits per heavy atom. The van der Waals surface area contributed by atoms with Gasteiger partial charge in [0.1, 0.15) is 22.8 Å². The number of hydrogen-bond donors (Lipinski definition) is 6. The first kappa shape index (κ1) is 27.9. The second-order valence-electron chi connectivity index (χ2n) is 10.4. The molecule has 0 bridgehead atoms. The molecule has 2 aromatic carbocycles. The van der Waals surface area contributed by atoms with Crippen LogP contribution < -0.4 is 16.4 Å². The van der Waals surface area contributed by atoms with Crippen LogP contribution >= 0.6 is 0 Å². The third kappa shape index (κ3) is 4.32. The van der Waals surface area contributed by atoms with E-state index >= 15 is 0 Å². The van der Waals surface area contributed by atoms with Crippen LogP contribution in [0.3, 0.4) is 0 Å². The molecule has 41 heavy (non-hydrogen) atoms. The van der Waals surface area contributed by atoms with Gasteiger partial charge in [0.15, 0.2) is 11.4 Å². The number of aliphatic hydroxyl groups is 3. The molecule has 0 saturated heterocycles. The van der Waals surface area contributed by atoms with E-state index in [1.165, 1.54) is 6.07 Å². The van der Waals surface area contributed by atoms with E-state index in [0.29, 0.717) is 35.3 Å². The maximum Gasteiger partial charge on any atom is 0.255 e. The van der Waals surface area contributed by atoms with E-state index in [1.54, 1.807) is 37.4 Å². The Labute approximate surface area is 233 Å². The van der Waals surface area contributed by atoms with E-state index in [9.17, 15) is 39.4 Å². The molecule has 3 aliphatic rings. The van der Waals surface area contributed by atoms with Crippen LogP contribution in [-0.2, 0) is 16.0 Å². The quantitative estimate of drug-likeness (QED) is 0.166. The number of carbonyl (C=O) groups excluding carboxylic acids is 4. The highest BCUT2D eigenvalue weighted by Gasteiger charge is 2.59. The van der Waals surface area contributed by atoms with Crippen LogP contribution in [0.15, 0.2) is 64.2 Å². The molecule has 2 amide bonds. The molecule has 3 atom stereocenters. The van der Waals surface area contributed by atoms with Gasteiger partial charge in [0.05, 0.1) is 5.56 Å². The monoisotopic (exact) mass is 560 g/mol. The van der Waals surface area contributed by atoms with Gasteiger partial charge >= 0.3 is 0 Å². The number of allylic oxidation sites excluding steroid dienone is 2. The molecule has 0 aliphatic heterocycles. The number of fused-ring (bicyclic) bond motifs is 3. The lowest BCUT2D eigenvalue weighted by Crippen LogP contribution is -2.57. The van der Waals surface area contributed by atoms with Gasteiger partial charge in [-0.05, 0) is 65.9 Å². The number of ketones is 2. The van der Waals surface area contributed by atoms with Gasteiger partial charge in [0.2, 0.25) is 5.78 Å². The first-order valence-corrected chi connectivity index (χ1v) is 13.0. The van der Waals surface area contributed by atoms with Crippen molar-refractivity contribution in [3.63, 3.8) is 0 Å². The molecule has 3 aliphatic carbocycles. The predicted molar refractivity (Wildman–Crippen MR) is 146 cm³/mol. The molecular weight excluding hydrogens is 532 g/mol. The van der Waals surface area contributed by atoms with Crippen LogP contribution in [0, 0.1) is 16.7 Å². The molecule has 0 saturated carbocycles. The van der Waals surface area contributed by atoms with Crippen molar-refractivity contribution in [2.45, 2.75) is 24.9 Å². The molecule has 212 valence electrons. The van der Waals surface area contributed by atoms with E-state index in [4.69, 9.17) is 5.73 Å². The van der Waals surface area contributed by atoms with Crippen LogP contribution in [-0.4, -0.2) is 64.4 Å². The number of aliphatic hydroxyl groups excluding tert-OH is 2. The topological polar surface area (TPSA) is 208 Å². The molecule has 5 rings (SSSR count). The number of amides is 2. The predicted octanol–water partition coefficient (Wildman–Crippen LogP) is 1.89. The third-order valence-corrected chi connectivity index (χ3v) is 8.14. The lowest BCUT2D eigenvalue weighted by molar-refractivity contribution is -0.144. The summed E-state index contributed by atoms with van der Waals surface area (Å²) in [5.74, 6) is -6.87. The SMILES string of the molecule is CNCCNC(=O)c1cccc(-c2ccc(N=O)c3c2C[C@H]2C[C@H]4CC(O)=C(C(N)=O)C(=O)[C@@]4(O)C(O)=C2C3=O)c1. The molecule has 0 radical (unpaired) electrons. The summed E-state index contributed by atoms with van der Waals surface area (Å²) >= 11 is 0. The summed E-state index contributed by atoms with van der Waals surface area (Å²) in [6.45, 7) is 1.01. The summed E-state index contributed by atoms with van der Waals surface area (Å²) in [5, 5.41) is 41.7. The Balaban J connectivity index is 1.61. The molecule has 0 heterocycles. The van der Waals surface area contributed by atoms with Crippen molar-refractivity contribution in [3.05, 3.63) is 80.7 Å². The second-order valence-corrected chi connectivity index (χ2v) is 10.4. The van der Waals surface area contributed by atoms with Crippen LogP contribution in [0.1, 0.15) is 39.1 Å². The summed E-state index contributed by atoms with van der Waals surface area (Å²) in [5.41, 5.74) is 3.27. The van der Waals surface area contributed by atoms with Crippen LogP contribution in [0.5, 0.6) is 0 Å². The van der Waals surface area contributed by atoms with Crippen molar-refractivity contribution in [1.29, 1.82) is 0 Å². The van der Waals surface area contributed by atoms with E-state index in [1.807, 2.05) is 0 Å².